The Hall–Kier alpha value is -1.33. The maximum absolute atomic E-state index is 12.2. The number of ether oxygens (including phenoxy) is 1. The second-order valence-corrected chi connectivity index (χ2v) is 6.50. The minimum atomic E-state index is -0.914. The van der Waals surface area contributed by atoms with E-state index in [4.69, 9.17) is 4.74 Å². The van der Waals surface area contributed by atoms with Gasteiger partial charge in [-0.2, -0.15) is 0 Å². The molecule has 1 aromatic rings. The van der Waals surface area contributed by atoms with Crippen molar-refractivity contribution in [1.29, 1.82) is 0 Å². The lowest BCUT2D eigenvalue weighted by Gasteiger charge is -2.57. The topological polar surface area (TPSA) is 63.5 Å². The Kier molecular flexibility index (Phi) is 4.17. The first kappa shape index (κ1) is 16.0. The van der Waals surface area contributed by atoms with Crippen LogP contribution in [0.3, 0.4) is 0 Å². The summed E-state index contributed by atoms with van der Waals surface area (Å²) in [4.78, 5) is 12.2. The van der Waals surface area contributed by atoms with Gasteiger partial charge in [-0.3, -0.25) is 4.79 Å². The van der Waals surface area contributed by atoms with E-state index >= 15 is 0 Å². The molecule has 1 saturated carbocycles. The van der Waals surface area contributed by atoms with Gasteiger partial charge in [0, 0.05) is 37.7 Å². The molecule has 1 heterocycles. The maximum atomic E-state index is 12.2. The molecule has 0 radical (unpaired) electrons. The van der Waals surface area contributed by atoms with Gasteiger partial charge in [0.2, 0.25) is 0 Å². The highest BCUT2D eigenvalue weighted by Gasteiger charge is 2.59. The molecule has 0 bridgehead atoms. The molecule has 0 aliphatic heterocycles. The van der Waals surface area contributed by atoms with E-state index in [1.54, 1.807) is 6.07 Å². The highest BCUT2D eigenvalue weighted by Crippen LogP contribution is 2.50. The minimum absolute atomic E-state index is 0.0432. The number of aromatic nitrogens is 1. The van der Waals surface area contributed by atoms with Gasteiger partial charge in [0.15, 0.2) is 0 Å². The minimum Gasteiger partial charge on any atom is -0.387 e. The number of aryl methyl sites for hydroxylation is 1. The average Bonchev–Trinajstić information content (AvgIpc) is 2.76. The molecule has 1 amide bonds. The third-order valence-electron chi connectivity index (χ3n) is 5.04. The summed E-state index contributed by atoms with van der Waals surface area (Å²) < 4.78 is 7.47. The smallest absolute Gasteiger partial charge is 0.268 e. The van der Waals surface area contributed by atoms with Gasteiger partial charge in [0.05, 0.1) is 11.7 Å². The van der Waals surface area contributed by atoms with Crippen molar-refractivity contribution in [2.24, 2.45) is 12.5 Å². The van der Waals surface area contributed by atoms with Crippen molar-refractivity contribution in [3.05, 3.63) is 23.5 Å². The number of amides is 1. The molecule has 5 heteroatoms. The van der Waals surface area contributed by atoms with E-state index in [-0.39, 0.29) is 24.0 Å². The molecule has 0 aromatic carbocycles. The summed E-state index contributed by atoms with van der Waals surface area (Å²) in [6, 6.07) is 3.70. The third-order valence-corrected chi connectivity index (χ3v) is 5.04. The lowest BCUT2D eigenvalue weighted by Crippen LogP contribution is -2.68. The summed E-state index contributed by atoms with van der Waals surface area (Å²) in [6.07, 6.45) is 0.599. The quantitative estimate of drug-likeness (QED) is 0.867. The van der Waals surface area contributed by atoms with Crippen LogP contribution in [0.2, 0.25) is 0 Å². The van der Waals surface area contributed by atoms with E-state index in [0.717, 1.165) is 5.69 Å². The summed E-state index contributed by atoms with van der Waals surface area (Å²) in [5.41, 5.74) is 0.358. The molecule has 2 N–H and O–H groups in total. The Morgan fingerprint density at radius 2 is 2.19 bits per heavy atom. The van der Waals surface area contributed by atoms with Gasteiger partial charge < -0.3 is 19.7 Å². The lowest BCUT2D eigenvalue weighted by molar-refractivity contribution is -0.237. The molecule has 1 aliphatic rings. The number of hydrogen-bond donors (Lipinski definition) is 2. The molecule has 2 atom stereocenters. The summed E-state index contributed by atoms with van der Waals surface area (Å²) in [7, 11) is 1.86. The number of nitrogens with one attached hydrogen (secondary N) is 1. The number of aliphatic hydroxyl groups is 1. The zero-order chi connectivity index (χ0) is 15.8. The van der Waals surface area contributed by atoms with Crippen molar-refractivity contribution < 1.29 is 14.6 Å². The Labute approximate surface area is 126 Å². The number of rotatable bonds is 5. The fourth-order valence-electron chi connectivity index (χ4n) is 2.92. The Morgan fingerprint density at radius 1 is 1.52 bits per heavy atom. The highest BCUT2D eigenvalue weighted by atomic mass is 16.5. The van der Waals surface area contributed by atoms with Crippen LogP contribution in [0, 0.1) is 12.3 Å². The fraction of sp³-hybridized carbons (Fsp3) is 0.688. The molecule has 118 valence electrons. The van der Waals surface area contributed by atoms with Gasteiger partial charge in [-0.25, -0.2) is 0 Å². The van der Waals surface area contributed by atoms with E-state index in [9.17, 15) is 9.90 Å². The average molecular weight is 294 g/mol. The van der Waals surface area contributed by atoms with Crippen molar-refractivity contribution >= 4 is 5.91 Å². The largest absolute Gasteiger partial charge is 0.387 e. The van der Waals surface area contributed by atoms with E-state index in [1.165, 1.54) is 0 Å². The van der Waals surface area contributed by atoms with Crippen molar-refractivity contribution in [2.75, 3.05) is 13.2 Å². The van der Waals surface area contributed by atoms with E-state index in [2.05, 4.69) is 5.32 Å². The van der Waals surface area contributed by atoms with E-state index in [0.29, 0.717) is 18.7 Å². The summed E-state index contributed by atoms with van der Waals surface area (Å²) in [6.45, 7) is 8.75. The van der Waals surface area contributed by atoms with Crippen LogP contribution in [0.5, 0.6) is 0 Å². The Bertz CT molecular complexity index is 536. The van der Waals surface area contributed by atoms with Gasteiger partial charge in [-0.1, -0.05) is 13.8 Å². The van der Waals surface area contributed by atoms with Crippen LogP contribution in [-0.2, 0) is 11.8 Å². The summed E-state index contributed by atoms with van der Waals surface area (Å²) in [5, 5.41) is 13.6. The summed E-state index contributed by atoms with van der Waals surface area (Å²) >= 11 is 0. The number of carbonyl (C=O) groups excluding carboxylic acids is 1. The van der Waals surface area contributed by atoms with Crippen LogP contribution in [-0.4, -0.2) is 40.4 Å². The normalized spacial score (nSPS) is 27.2. The monoisotopic (exact) mass is 294 g/mol. The molecule has 1 aromatic heterocycles. The van der Waals surface area contributed by atoms with Gasteiger partial charge >= 0.3 is 0 Å². The molecular weight excluding hydrogens is 268 g/mol. The van der Waals surface area contributed by atoms with Crippen molar-refractivity contribution in [3.63, 3.8) is 0 Å². The molecule has 21 heavy (non-hydrogen) atoms. The molecule has 1 fully saturated rings. The standard InChI is InChI=1S/C16H26N2O3/c1-6-21-13-9-16(20,15(13,3)4)10-17-14(19)12-8-7-11(2)18(12)5/h7-8,13,20H,6,9-10H2,1-5H3,(H,17,19)/t13-,16-/m0/s1. The predicted molar refractivity (Wildman–Crippen MR) is 81.2 cm³/mol. The fourth-order valence-corrected chi connectivity index (χ4v) is 2.92. The lowest BCUT2D eigenvalue weighted by atomic mass is 9.56. The van der Waals surface area contributed by atoms with E-state index in [1.807, 2.05) is 45.4 Å². The molecule has 0 spiro atoms. The van der Waals surface area contributed by atoms with Gasteiger partial charge in [-0.15, -0.1) is 0 Å². The first-order chi connectivity index (χ1) is 9.73. The first-order valence-corrected chi connectivity index (χ1v) is 7.47. The van der Waals surface area contributed by atoms with Gasteiger partial charge in [0.25, 0.3) is 5.91 Å². The van der Waals surface area contributed by atoms with Crippen LogP contribution in [0.4, 0.5) is 0 Å². The molecule has 0 unspecified atom stereocenters. The number of carbonyl (C=O) groups is 1. The first-order valence-electron chi connectivity index (χ1n) is 7.47. The third kappa shape index (κ3) is 2.60. The van der Waals surface area contributed by atoms with Crippen LogP contribution >= 0.6 is 0 Å². The van der Waals surface area contributed by atoms with E-state index < -0.39 is 5.60 Å². The predicted octanol–water partition coefficient (Wildman–Crippen LogP) is 1.63. The molecule has 5 nitrogen and oxygen atoms in total. The van der Waals surface area contributed by atoms with Crippen LogP contribution in [0.25, 0.3) is 0 Å². The van der Waals surface area contributed by atoms with Crippen LogP contribution in [0.15, 0.2) is 12.1 Å². The Balaban J connectivity index is 1.97. The van der Waals surface area contributed by atoms with Crippen LogP contribution in [0.1, 0.15) is 43.4 Å². The number of nitrogens with zero attached hydrogens (tertiary/aromatic N) is 1. The zero-order valence-corrected chi connectivity index (χ0v) is 13.6. The van der Waals surface area contributed by atoms with Crippen molar-refractivity contribution in [1.82, 2.24) is 9.88 Å². The molecule has 0 saturated heterocycles. The maximum Gasteiger partial charge on any atom is 0.268 e. The second-order valence-electron chi connectivity index (χ2n) is 6.50. The highest BCUT2D eigenvalue weighted by molar-refractivity contribution is 5.92. The SMILES string of the molecule is CCO[C@H]1C[C@](O)(CNC(=O)c2ccc(C)n2C)C1(C)C. The molecule has 1 aliphatic carbocycles. The van der Waals surface area contributed by atoms with Gasteiger partial charge in [-0.05, 0) is 26.0 Å². The zero-order valence-electron chi connectivity index (χ0n) is 13.6. The molecular formula is C16H26N2O3. The van der Waals surface area contributed by atoms with Crippen molar-refractivity contribution in [3.8, 4) is 0 Å². The Morgan fingerprint density at radius 3 is 2.67 bits per heavy atom. The summed E-state index contributed by atoms with van der Waals surface area (Å²) in [5.74, 6) is -0.158. The number of hydrogen-bond acceptors (Lipinski definition) is 3. The van der Waals surface area contributed by atoms with Crippen molar-refractivity contribution in [2.45, 2.75) is 45.8 Å². The van der Waals surface area contributed by atoms with Gasteiger partial charge in [0.1, 0.15) is 5.69 Å². The molecule has 2 rings (SSSR count). The van der Waals surface area contributed by atoms with Crippen LogP contribution < -0.4 is 5.32 Å². The second kappa shape index (κ2) is 5.46.